The van der Waals surface area contributed by atoms with Crippen LogP contribution in [0.25, 0.3) is 0 Å². The van der Waals surface area contributed by atoms with Crippen LogP contribution in [-0.2, 0) is 6.42 Å². The molecule has 132 valence electrons. The van der Waals surface area contributed by atoms with Crippen LogP contribution in [0.2, 0.25) is 0 Å². The van der Waals surface area contributed by atoms with E-state index in [0.717, 1.165) is 6.54 Å². The van der Waals surface area contributed by atoms with E-state index in [9.17, 15) is 0 Å². The monoisotopic (exact) mass is 335 g/mol. The molecule has 0 aliphatic carbocycles. The Morgan fingerprint density at radius 1 is 0.739 bits per heavy atom. The molecule has 1 rings (SSSR count). The van der Waals surface area contributed by atoms with Crippen LogP contribution in [0.5, 0.6) is 0 Å². The van der Waals surface area contributed by atoms with Crippen molar-refractivity contribution in [2.24, 2.45) is 4.74 Å². The molecule has 1 aromatic carbocycles. The number of hydrogen-bond donors (Lipinski definition) is 0. The topological polar surface area (TPSA) is 12.4 Å². The number of rotatable bonds is 13. The summed E-state index contributed by atoms with van der Waals surface area (Å²) in [5, 5.41) is 0. The van der Waals surface area contributed by atoms with Crippen LogP contribution < -0.4 is 0 Å². The maximum absolute atomic E-state index is 5.39. The molecular weight excluding hydrogens is 297 g/mol. The lowest BCUT2D eigenvalue weighted by atomic mass is 10.1. The van der Waals surface area contributed by atoms with Gasteiger partial charge in [-0.15, -0.1) is 0 Å². The Hall–Kier alpha value is -0.550. The minimum Gasteiger partial charge on any atom is -0.303 e. The molecule has 0 bridgehead atoms. The molecule has 0 amide bonds. The van der Waals surface area contributed by atoms with E-state index in [1.807, 2.05) is 0 Å². The predicted molar refractivity (Wildman–Crippen MR) is 108 cm³/mol. The number of hydrogen-bond acceptors (Lipinski definition) is 1. The molecule has 0 N–H and O–H groups in total. The van der Waals surface area contributed by atoms with E-state index >= 15 is 0 Å². The van der Waals surface area contributed by atoms with Gasteiger partial charge < -0.3 is 4.74 Å². The number of benzene rings is 1. The van der Waals surface area contributed by atoms with Gasteiger partial charge in [0.2, 0.25) is 0 Å². The first-order valence-electron chi connectivity index (χ1n) is 9.85. The van der Waals surface area contributed by atoms with E-state index in [1.165, 1.54) is 75.4 Å². The van der Waals surface area contributed by atoms with Crippen molar-refractivity contribution in [1.82, 2.24) is 0 Å². The lowest BCUT2D eigenvalue weighted by Crippen LogP contribution is -2.03. The van der Waals surface area contributed by atoms with Crippen LogP contribution in [0.1, 0.15) is 71.3 Å². The average Bonchev–Trinajstić information content (AvgIpc) is 2.60. The van der Waals surface area contributed by atoms with Crippen molar-refractivity contribution < 1.29 is 0 Å². The molecule has 2 heteroatoms. The van der Waals surface area contributed by atoms with Crippen molar-refractivity contribution in [2.45, 2.75) is 72.1 Å². The fourth-order valence-corrected chi connectivity index (χ4v) is 7.49. The fourth-order valence-electron chi connectivity index (χ4n) is 3.12. The molecule has 0 saturated heterocycles. The molecule has 1 nitrogen and oxygen atoms in total. The summed E-state index contributed by atoms with van der Waals surface area (Å²) in [5.74, 6) is 0. The van der Waals surface area contributed by atoms with Gasteiger partial charge in [0.1, 0.15) is 0 Å². The van der Waals surface area contributed by atoms with Gasteiger partial charge in [-0.2, -0.15) is 0 Å². The Morgan fingerprint density at radius 2 is 1.26 bits per heavy atom. The molecule has 0 saturated carbocycles. The fraction of sp³-hybridized carbons (Fsp3) is 0.714. The summed E-state index contributed by atoms with van der Waals surface area (Å²) in [6, 6.07) is 10.9. The van der Waals surface area contributed by atoms with Gasteiger partial charge in [0, 0.05) is 6.54 Å². The Balaban J connectivity index is 2.65. The van der Waals surface area contributed by atoms with Crippen LogP contribution in [-0.4, -0.2) is 25.0 Å². The zero-order valence-electron chi connectivity index (χ0n) is 15.8. The van der Waals surface area contributed by atoms with Crippen molar-refractivity contribution in [3.8, 4) is 0 Å². The van der Waals surface area contributed by atoms with Gasteiger partial charge in [0.05, 0.1) is 0 Å². The zero-order valence-corrected chi connectivity index (χ0v) is 16.7. The standard InChI is InChI=1S/C21H38NP/c1-4-7-18-23(19-8-5-2,20-9-6-3)22-17-13-16-21-14-11-10-12-15-21/h10-12,14-15H,4-9,13,16-20H2,1-3H3. The molecule has 0 radical (unpaired) electrons. The van der Waals surface area contributed by atoms with Crippen molar-refractivity contribution in [3.05, 3.63) is 35.9 Å². The lowest BCUT2D eigenvalue weighted by molar-refractivity contribution is 0.813. The molecule has 0 aliphatic rings. The molecule has 0 unspecified atom stereocenters. The van der Waals surface area contributed by atoms with Crippen LogP contribution in [0.4, 0.5) is 0 Å². The second-order valence-corrected chi connectivity index (χ2v) is 10.6. The van der Waals surface area contributed by atoms with Crippen LogP contribution in [0.3, 0.4) is 0 Å². The molecule has 23 heavy (non-hydrogen) atoms. The SMILES string of the molecule is CCCCP(CCCC)(CCCC)=NCCCc1ccccc1. The second kappa shape index (κ2) is 12.8. The summed E-state index contributed by atoms with van der Waals surface area (Å²) in [6.07, 6.45) is 14.7. The summed E-state index contributed by atoms with van der Waals surface area (Å²) in [7, 11) is -1.04. The first-order valence-corrected chi connectivity index (χ1v) is 12.1. The predicted octanol–water partition coefficient (Wildman–Crippen LogP) is 7.22. The van der Waals surface area contributed by atoms with Gasteiger partial charge in [-0.25, -0.2) is 0 Å². The maximum Gasteiger partial charge on any atom is 0.0377 e. The zero-order chi connectivity index (χ0) is 16.8. The highest BCUT2D eigenvalue weighted by Crippen LogP contribution is 2.52. The third kappa shape index (κ3) is 8.75. The Morgan fingerprint density at radius 3 is 1.74 bits per heavy atom. The minimum atomic E-state index is -1.04. The van der Waals surface area contributed by atoms with E-state index in [-0.39, 0.29) is 0 Å². The average molecular weight is 336 g/mol. The second-order valence-electron chi connectivity index (χ2n) is 6.78. The van der Waals surface area contributed by atoms with E-state index in [1.54, 1.807) is 0 Å². The maximum atomic E-state index is 5.39. The summed E-state index contributed by atoms with van der Waals surface area (Å²) in [5.41, 5.74) is 1.46. The first-order chi connectivity index (χ1) is 11.3. The van der Waals surface area contributed by atoms with Crippen LogP contribution in [0, 0.1) is 0 Å². The molecule has 0 heterocycles. The van der Waals surface area contributed by atoms with Crippen molar-refractivity contribution in [2.75, 3.05) is 25.0 Å². The summed E-state index contributed by atoms with van der Waals surface area (Å²) in [4.78, 5) is 0. The minimum absolute atomic E-state index is 1.04. The largest absolute Gasteiger partial charge is 0.303 e. The quantitative estimate of drug-likeness (QED) is 0.266. The Bertz CT molecular complexity index is 410. The normalized spacial score (nSPS) is 11.6. The number of unbranched alkanes of at least 4 members (excludes halogenated alkanes) is 3. The van der Waals surface area contributed by atoms with Crippen LogP contribution >= 0.6 is 7.05 Å². The molecule has 1 aromatic rings. The molecular formula is C21H38NP. The van der Waals surface area contributed by atoms with E-state index in [0.29, 0.717) is 0 Å². The van der Waals surface area contributed by atoms with Crippen molar-refractivity contribution >= 4 is 7.05 Å². The summed E-state index contributed by atoms with van der Waals surface area (Å²) < 4.78 is 5.39. The molecule has 0 fully saturated rings. The van der Waals surface area contributed by atoms with E-state index in [2.05, 4.69) is 51.1 Å². The van der Waals surface area contributed by atoms with Gasteiger partial charge in [-0.05, 0) is 63.2 Å². The third-order valence-electron chi connectivity index (χ3n) is 4.65. The van der Waals surface area contributed by atoms with Gasteiger partial charge in [-0.1, -0.05) is 70.4 Å². The summed E-state index contributed by atoms with van der Waals surface area (Å²) >= 11 is 0. The Labute approximate surface area is 145 Å². The number of aryl methyl sites for hydroxylation is 1. The molecule has 0 aliphatic heterocycles. The van der Waals surface area contributed by atoms with E-state index < -0.39 is 7.05 Å². The molecule has 0 aromatic heterocycles. The van der Waals surface area contributed by atoms with Gasteiger partial charge in [-0.3, -0.25) is 0 Å². The molecule has 0 atom stereocenters. The van der Waals surface area contributed by atoms with Crippen LogP contribution in [0.15, 0.2) is 35.1 Å². The lowest BCUT2D eigenvalue weighted by Gasteiger charge is -2.25. The van der Waals surface area contributed by atoms with Gasteiger partial charge in [0.25, 0.3) is 0 Å². The Kier molecular flexibility index (Phi) is 11.4. The number of nitrogens with zero attached hydrogens (tertiary/aromatic N) is 1. The van der Waals surface area contributed by atoms with Crippen molar-refractivity contribution in [3.63, 3.8) is 0 Å². The highest BCUT2D eigenvalue weighted by Gasteiger charge is 2.17. The van der Waals surface area contributed by atoms with Crippen molar-refractivity contribution in [1.29, 1.82) is 0 Å². The molecule has 0 spiro atoms. The summed E-state index contributed by atoms with van der Waals surface area (Å²) in [6.45, 7) is 8.05. The third-order valence-corrected chi connectivity index (χ3v) is 8.90. The van der Waals surface area contributed by atoms with Gasteiger partial charge in [0.15, 0.2) is 0 Å². The highest BCUT2D eigenvalue weighted by molar-refractivity contribution is 7.66. The first kappa shape index (κ1) is 20.5. The van der Waals surface area contributed by atoms with E-state index in [4.69, 9.17) is 4.74 Å². The highest BCUT2D eigenvalue weighted by atomic mass is 31.2. The smallest absolute Gasteiger partial charge is 0.0377 e. The van der Waals surface area contributed by atoms with Gasteiger partial charge >= 0.3 is 0 Å².